The summed E-state index contributed by atoms with van der Waals surface area (Å²) in [6, 6.07) is 18.1. The molecule has 0 saturated heterocycles. The van der Waals surface area contributed by atoms with Crippen LogP contribution in [0.2, 0.25) is 5.02 Å². The van der Waals surface area contributed by atoms with E-state index in [1.807, 2.05) is 48.5 Å². The van der Waals surface area contributed by atoms with Crippen LogP contribution in [0.15, 0.2) is 59.0 Å². The third-order valence-corrected chi connectivity index (χ3v) is 3.65. The molecule has 0 amide bonds. The van der Waals surface area contributed by atoms with Gasteiger partial charge >= 0.3 is 0 Å². The minimum atomic E-state index is 0.768. The van der Waals surface area contributed by atoms with E-state index in [9.17, 15) is 0 Å². The predicted octanol–water partition coefficient (Wildman–Crippen LogP) is 5.39. The Hall–Kier alpha value is -1.99. The minimum Gasteiger partial charge on any atom is -0.455 e. The highest BCUT2D eigenvalue weighted by atomic mass is 35.5. The average Bonchev–Trinajstić information content (AvgIpc) is 2.78. The average molecular weight is 253 g/mol. The van der Waals surface area contributed by atoms with Crippen LogP contribution < -0.4 is 0 Å². The molecular formula is C16H9ClO. The largest absolute Gasteiger partial charge is 0.455 e. The fraction of sp³-hybridized carbons (Fsp3) is 0. The molecule has 0 aliphatic carbocycles. The van der Waals surface area contributed by atoms with Crippen LogP contribution in [-0.2, 0) is 0 Å². The molecule has 86 valence electrons. The van der Waals surface area contributed by atoms with Gasteiger partial charge in [-0.15, -0.1) is 0 Å². The summed E-state index contributed by atoms with van der Waals surface area (Å²) in [5, 5.41) is 5.06. The van der Waals surface area contributed by atoms with Crippen molar-refractivity contribution in [3.8, 4) is 0 Å². The fourth-order valence-electron chi connectivity index (χ4n) is 2.50. The number of rotatable bonds is 0. The van der Waals surface area contributed by atoms with E-state index in [2.05, 4.69) is 6.07 Å². The van der Waals surface area contributed by atoms with Gasteiger partial charge in [-0.3, -0.25) is 0 Å². The first-order chi connectivity index (χ1) is 8.84. The van der Waals surface area contributed by atoms with Crippen molar-refractivity contribution in [3.05, 3.63) is 59.6 Å². The Morgan fingerprint density at radius 3 is 2.22 bits per heavy atom. The first-order valence-electron chi connectivity index (χ1n) is 5.83. The van der Waals surface area contributed by atoms with E-state index in [4.69, 9.17) is 16.0 Å². The highest BCUT2D eigenvalue weighted by Gasteiger charge is 2.11. The van der Waals surface area contributed by atoms with E-state index in [1.54, 1.807) is 0 Å². The SMILES string of the molecule is Clc1cc2c3ccccc3oc2c2ccccc12. The molecule has 4 aromatic rings. The van der Waals surface area contributed by atoms with Crippen LogP contribution >= 0.6 is 11.6 Å². The normalized spacial score (nSPS) is 11.6. The molecule has 0 aliphatic rings. The molecule has 0 N–H and O–H groups in total. The van der Waals surface area contributed by atoms with Gasteiger partial charge in [-0.25, -0.2) is 0 Å². The second-order valence-corrected chi connectivity index (χ2v) is 4.79. The van der Waals surface area contributed by atoms with Gasteiger partial charge in [0.25, 0.3) is 0 Å². The molecule has 0 atom stereocenters. The van der Waals surface area contributed by atoms with Crippen molar-refractivity contribution in [1.29, 1.82) is 0 Å². The first-order valence-corrected chi connectivity index (χ1v) is 6.21. The minimum absolute atomic E-state index is 0.768. The molecule has 0 unspecified atom stereocenters. The Labute approximate surface area is 109 Å². The summed E-state index contributed by atoms with van der Waals surface area (Å²) in [6.07, 6.45) is 0. The van der Waals surface area contributed by atoms with Gasteiger partial charge in [-0.2, -0.15) is 0 Å². The molecule has 0 aliphatic heterocycles. The van der Waals surface area contributed by atoms with Crippen LogP contribution in [0.3, 0.4) is 0 Å². The molecule has 3 aromatic carbocycles. The quantitative estimate of drug-likeness (QED) is 0.409. The van der Waals surface area contributed by atoms with Crippen LogP contribution in [0, 0.1) is 0 Å². The van der Waals surface area contributed by atoms with Gasteiger partial charge in [-0.1, -0.05) is 54.1 Å². The Kier molecular flexibility index (Phi) is 1.94. The van der Waals surface area contributed by atoms with Gasteiger partial charge < -0.3 is 4.42 Å². The standard InChI is InChI=1S/C16H9ClO/c17-14-9-13-11-6-3-4-8-15(11)18-16(13)12-7-2-1-5-10(12)14/h1-9H. The molecule has 4 rings (SSSR count). The number of hydrogen-bond donors (Lipinski definition) is 0. The van der Waals surface area contributed by atoms with E-state index >= 15 is 0 Å². The van der Waals surface area contributed by atoms with Gasteiger partial charge in [0.1, 0.15) is 11.2 Å². The zero-order chi connectivity index (χ0) is 12.1. The molecule has 1 heterocycles. The number of hydrogen-bond acceptors (Lipinski definition) is 1. The van der Waals surface area contributed by atoms with E-state index in [0.29, 0.717) is 0 Å². The van der Waals surface area contributed by atoms with E-state index < -0.39 is 0 Å². The van der Waals surface area contributed by atoms with Crippen molar-refractivity contribution < 1.29 is 4.42 Å². The molecular weight excluding hydrogens is 244 g/mol. The summed E-state index contributed by atoms with van der Waals surface area (Å²) in [6.45, 7) is 0. The summed E-state index contributed by atoms with van der Waals surface area (Å²) in [4.78, 5) is 0. The van der Waals surface area contributed by atoms with Crippen molar-refractivity contribution in [2.45, 2.75) is 0 Å². The van der Waals surface area contributed by atoms with Crippen molar-refractivity contribution in [2.24, 2.45) is 0 Å². The lowest BCUT2D eigenvalue weighted by Gasteiger charge is -2.00. The lowest BCUT2D eigenvalue weighted by atomic mass is 10.1. The molecule has 1 nitrogen and oxygen atoms in total. The van der Waals surface area contributed by atoms with Crippen LogP contribution in [0.1, 0.15) is 0 Å². The number of furan rings is 1. The monoisotopic (exact) mass is 252 g/mol. The Bertz CT molecular complexity index is 889. The highest BCUT2D eigenvalue weighted by molar-refractivity contribution is 6.38. The van der Waals surface area contributed by atoms with Crippen LogP contribution in [0.25, 0.3) is 32.7 Å². The number of para-hydroxylation sites is 1. The zero-order valence-electron chi connectivity index (χ0n) is 9.48. The first kappa shape index (κ1) is 9.98. The van der Waals surface area contributed by atoms with Crippen molar-refractivity contribution in [1.82, 2.24) is 0 Å². The second kappa shape index (κ2) is 3.50. The van der Waals surface area contributed by atoms with Crippen molar-refractivity contribution in [3.63, 3.8) is 0 Å². The number of halogens is 1. The van der Waals surface area contributed by atoms with Crippen molar-refractivity contribution in [2.75, 3.05) is 0 Å². The smallest absolute Gasteiger partial charge is 0.143 e. The number of fused-ring (bicyclic) bond motifs is 5. The van der Waals surface area contributed by atoms with Crippen LogP contribution in [0.5, 0.6) is 0 Å². The molecule has 18 heavy (non-hydrogen) atoms. The molecule has 2 heteroatoms. The van der Waals surface area contributed by atoms with Crippen LogP contribution in [0.4, 0.5) is 0 Å². The maximum Gasteiger partial charge on any atom is 0.143 e. The fourth-order valence-corrected chi connectivity index (χ4v) is 2.78. The molecule has 0 spiro atoms. The molecule has 0 fully saturated rings. The van der Waals surface area contributed by atoms with Crippen LogP contribution in [-0.4, -0.2) is 0 Å². The zero-order valence-corrected chi connectivity index (χ0v) is 10.2. The predicted molar refractivity (Wildman–Crippen MR) is 76.2 cm³/mol. The summed E-state index contributed by atoms with van der Waals surface area (Å²) in [7, 11) is 0. The van der Waals surface area contributed by atoms with Crippen molar-refractivity contribution >= 4 is 44.3 Å². The molecule has 0 bridgehead atoms. The Balaban J connectivity index is 2.36. The summed E-state index contributed by atoms with van der Waals surface area (Å²) < 4.78 is 5.96. The van der Waals surface area contributed by atoms with Gasteiger partial charge in [0.15, 0.2) is 0 Å². The molecule has 0 radical (unpaired) electrons. The number of benzene rings is 3. The topological polar surface area (TPSA) is 13.1 Å². The summed E-state index contributed by atoms with van der Waals surface area (Å²) >= 11 is 6.35. The van der Waals surface area contributed by atoms with Gasteiger partial charge in [0.05, 0.1) is 0 Å². The van der Waals surface area contributed by atoms with Gasteiger partial charge in [-0.05, 0) is 12.1 Å². The third kappa shape index (κ3) is 1.22. The van der Waals surface area contributed by atoms with E-state index in [-0.39, 0.29) is 0 Å². The highest BCUT2D eigenvalue weighted by Crippen LogP contribution is 2.37. The van der Waals surface area contributed by atoms with E-state index in [0.717, 1.165) is 37.7 Å². The Morgan fingerprint density at radius 1 is 0.722 bits per heavy atom. The lowest BCUT2D eigenvalue weighted by molar-refractivity contribution is 0.672. The van der Waals surface area contributed by atoms with E-state index in [1.165, 1.54) is 0 Å². The van der Waals surface area contributed by atoms with Gasteiger partial charge in [0, 0.05) is 26.6 Å². The second-order valence-electron chi connectivity index (χ2n) is 4.38. The lowest BCUT2D eigenvalue weighted by Crippen LogP contribution is -1.75. The molecule has 0 saturated carbocycles. The summed E-state index contributed by atoms with van der Waals surface area (Å²) in [5.74, 6) is 0. The maximum absolute atomic E-state index is 6.35. The summed E-state index contributed by atoms with van der Waals surface area (Å²) in [5.41, 5.74) is 1.82. The molecule has 1 aromatic heterocycles. The Morgan fingerprint density at radius 2 is 1.39 bits per heavy atom. The maximum atomic E-state index is 6.35. The third-order valence-electron chi connectivity index (χ3n) is 3.33. The van der Waals surface area contributed by atoms with Gasteiger partial charge in [0.2, 0.25) is 0 Å².